The monoisotopic (exact) mass is 346 g/mol. The quantitative estimate of drug-likeness (QED) is 0.578. The predicted molar refractivity (Wildman–Crippen MR) is 97.0 cm³/mol. The van der Waals surface area contributed by atoms with Crippen molar-refractivity contribution in [3.63, 3.8) is 0 Å². The maximum Gasteiger partial charge on any atom is 0.224 e. The number of amides is 1. The van der Waals surface area contributed by atoms with Gasteiger partial charge in [0.1, 0.15) is 5.82 Å². The Balaban J connectivity index is 1.31. The molecule has 7 nitrogen and oxygen atoms in total. The highest BCUT2D eigenvalue weighted by Gasteiger charge is 2.08. The van der Waals surface area contributed by atoms with Gasteiger partial charge in [0.05, 0.1) is 18.3 Å². The van der Waals surface area contributed by atoms with Crippen LogP contribution in [0.15, 0.2) is 67.1 Å². The molecule has 0 saturated heterocycles. The minimum absolute atomic E-state index is 0.0357. The fraction of sp³-hybridized carbons (Fsp3) is 0.158. The average molecular weight is 346 g/mol. The summed E-state index contributed by atoms with van der Waals surface area (Å²) in [7, 11) is 0. The minimum atomic E-state index is -0.0357. The van der Waals surface area contributed by atoms with E-state index in [4.69, 9.17) is 0 Å². The molecule has 3 aromatic heterocycles. The van der Waals surface area contributed by atoms with E-state index in [1.54, 1.807) is 10.9 Å². The van der Waals surface area contributed by atoms with Crippen LogP contribution in [-0.4, -0.2) is 36.8 Å². The van der Waals surface area contributed by atoms with Gasteiger partial charge in [0.2, 0.25) is 5.91 Å². The van der Waals surface area contributed by atoms with E-state index in [0.717, 1.165) is 22.7 Å². The van der Waals surface area contributed by atoms with E-state index in [9.17, 15) is 4.79 Å². The first kappa shape index (κ1) is 16.0. The molecule has 0 aliphatic heterocycles. The van der Waals surface area contributed by atoms with Crippen LogP contribution in [0.4, 0.5) is 0 Å². The van der Waals surface area contributed by atoms with Gasteiger partial charge in [0, 0.05) is 25.4 Å². The molecule has 0 atom stereocenters. The molecule has 0 aliphatic carbocycles. The average Bonchev–Trinajstić information content (AvgIpc) is 3.30. The zero-order chi connectivity index (χ0) is 17.8. The summed E-state index contributed by atoms with van der Waals surface area (Å²) < 4.78 is 3.70. The molecule has 1 amide bonds. The maximum absolute atomic E-state index is 12.2. The summed E-state index contributed by atoms with van der Waals surface area (Å²) in [5, 5.41) is 15.5. The van der Waals surface area contributed by atoms with Crippen LogP contribution in [0.1, 0.15) is 11.4 Å². The number of hydrogen-bond acceptors (Lipinski definition) is 4. The Bertz CT molecular complexity index is 1020. The molecule has 1 N–H and O–H groups in total. The number of fused-ring (bicyclic) bond motifs is 1. The second kappa shape index (κ2) is 7.18. The van der Waals surface area contributed by atoms with Crippen molar-refractivity contribution in [3.8, 4) is 5.69 Å². The van der Waals surface area contributed by atoms with Crippen molar-refractivity contribution in [3.05, 3.63) is 78.5 Å². The first-order chi connectivity index (χ1) is 12.8. The number of pyridine rings is 1. The van der Waals surface area contributed by atoms with Crippen LogP contribution in [-0.2, 0) is 17.6 Å². The number of rotatable bonds is 6. The van der Waals surface area contributed by atoms with Crippen LogP contribution >= 0.6 is 0 Å². The number of nitrogens with one attached hydrogen (secondary N) is 1. The van der Waals surface area contributed by atoms with E-state index in [1.165, 1.54) is 0 Å². The number of aromatic nitrogens is 5. The van der Waals surface area contributed by atoms with Crippen molar-refractivity contribution in [2.75, 3.05) is 6.54 Å². The van der Waals surface area contributed by atoms with Gasteiger partial charge in [0.15, 0.2) is 5.65 Å². The molecule has 0 bridgehead atoms. The zero-order valence-corrected chi connectivity index (χ0v) is 14.1. The van der Waals surface area contributed by atoms with Crippen molar-refractivity contribution in [1.29, 1.82) is 0 Å². The van der Waals surface area contributed by atoms with Crippen molar-refractivity contribution >= 4 is 11.6 Å². The topological polar surface area (TPSA) is 77.1 Å². The Kier molecular flexibility index (Phi) is 4.42. The highest BCUT2D eigenvalue weighted by atomic mass is 16.1. The van der Waals surface area contributed by atoms with Crippen LogP contribution in [0, 0.1) is 0 Å². The standard InChI is InChI=1S/C19H18N6O/c26-19(12-15-13-21-25(14-15)16-6-2-1-3-7-16)20-10-9-18-23-22-17-8-4-5-11-24(17)18/h1-8,11,13-14H,9-10,12H2,(H,20,26). The Morgan fingerprint density at radius 3 is 2.77 bits per heavy atom. The first-order valence-corrected chi connectivity index (χ1v) is 8.44. The van der Waals surface area contributed by atoms with Gasteiger partial charge in [-0.3, -0.25) is 9.20 Å². The summed E-state index contributed by atoms with van der Waals surface area (Å²) in [6, 6.07) is 15.6. The lowest BCUT2D eigenvalue weighted by Crippen LogP contribution is -2.27. The van der Waals surface area contributed by atoms with E-state index in [1.807, 2.05) is 65.3 Å². The third-order valence-corrected chi connectivity index (χ3v) is 4.08. The highest BCUT2D eigenvalue weighted by Crippen LogP contribution is 2.08. The Morgan fingerprint density at radius 2 is 1.88 bits per heavy atom. The van der Waals surface area contributed by atoms with E-state index in [-0.39, 0.29) is 5.91 Å². The number of nitrogens with zero attached hydrogens (tertiary/aromatic N) is 5. The van der Waals surface area contributed by atoms with Gasteiger partial charge < -0.3 is 5.32 Å². The molecule has 3 heterocycles. The smallest absolute Gasteiger partial charge is 0.224 e. The SMILES string of the molecule is O=C(Cc1cnn(-c2ccccc2)c1)NCCc1nnc2ccccn12. The van der Waals surface area contributed by atoms with Gasteiger partial charge in [0.25, 0.3) is 0 Å². The molecule has 7 heteroatoms. The maximum atomic E-state index is 12.2. The van der Waals surface area contributed by atoms with Crippen molar-refractivity contribution in [1.82, 2.24) is 29.7 Å². The Labute approximate surface area is 150 Å². The van der Waals surface area contributed by atoms with Gasteiger partial charge in [-0.15, -0.1) is 10.2 Å². The summed E-state index contributed by atoms with van der Waals surface area (Å²) in [6.07, 6.45) is 6.44. The van der Waals surface area contributed by atoms with E-state index in [2.05, 4.69) is 20.6 Å². The fourth-order valence-corrected chi connectivity index (χ4v) is 2.80. The largest absolute Gasteiger partial charge is 0.355 e. The normalized spacial score (nSPS) is 10.9. The van der Waals surface area contributed by atoms with Gasteiger partial charge in [-0.05, 0) is 29.8 Å². The van der Waals surface area contributed by atoms with E-state index >= 15 is 0 Å². The van der Waals surface area contributed by atoms with Crippen molar-refractivity contribution < 1.29 is 4.79 Å². The Morgan fingerprint density at radius 1 is 1.04 bits per heavy atom. The number of para-hydroxylation sites is 1. The molecule has 0 radical (unpaired) electrons. The molecule has 0 aliphatic rings. The van der Waals surface area contributed by atoms with Crippen LogP contribution < -0.4 is 5.32 Å². The zero-order valence-electron chi connectivity index (χ0n) is 14.1. The lowest BCUT2D eigenvalue weighted by atomic mass is 10.2. The van der Waals surface area contributed by atoms with Gasteiger partial charge >= 0.3 is 0 Å². The van der Waals surface area contributed by atoms with E-state index < -0.39 is 0 Å². The molecule has 1 aromatic carbocycles. The summed E-state index contributed by atoms with van der Waals surface area (Å²) in [4.78, 5) is 12.2. The molecule has 0 unspecified atom stereocenters. The third-order valence-electron chi connectivity index (χ3n) is 4.08. The van der Waals surface area contributed by atoms with Crippen LogP contribution in [0.2, 0.25) is 0 Å². The molecule has 4 rings (SSSR count). The molecule has 0 spiro atoms. The van der Waals surface area contributed by atoms with Crippen molar-refractivity contribution in [2.24, 2.45) is 0 Å². The molecular formula is C19H18N6O. The van der Waals surface area contributed by atoms with Crippen molar-refractivity contribution in [2.45, 2.75) is 12.8 Å². The van der Waals surface area contributed by atoms with Crippen LogP contribution in [0.5, 0.6) is 0 Å². The highest BCUT2D eigenvalue weighted by molar-refractivity contribution is 5.78. The number of carbonyl (C=O) groups excluding carboxylic acids is 1. The van der Waals surface area contributed by atoms with Gasteiger partial charge in [-0.1, -0.05) is 24.3 Å². The molecule has 130 valence electrons. The number of carbonyl (C=O) groups is 1. The predicted octanol–water partition coefficient (Wildman–Crippen LogP) is 1.82. The first-order valence-electron chi connectivity index (χ1n) is 8.44. The third kappa shape index (κ3) is 3.46. The van der Waals surface area contributed by atoms with Crippen LogP contribution in [0.3, 0.4) is 0 Å². The summed E-state index contributed by atoms with van der Waals surface area (Å²) >= 11 is 0. The van der Waals surface area contributed by atoms with E-state index in [0.29, 0.717) is 19.4 Å². The second-order valence-corrected chi connectivity index (χ2v) is 5.95. The summed E-state index contributed by atoms with van der Waals surface area (Å²) in [6.45, 7) is 0.515. The number of benzene rings is 1. The fourth-order valence-electron chi connectivity index (χ4n) is 2.80. The molecule has 4 aromatic rings. The molecular weight excluding hydrogens is 328 g/mol. The number of hydrogen-bond donors (Lipinski definition) is 1. The summed E-state index contributed by atoms with van der Waals surface area (Å²) in [5.41, 5.74) is 2.65. The Hall–Kier alpha value is -3.48. The van der Waals surface area contributed by atoms with Crippen LogP contribution in [0.25, 0.3) is 11.3 Å². The lowest BCUT2D eigenvalue weighted by molar-refractivity contribution is -0.120. The summed E-state index contributed by atoms with van der Waals surface area (Å²) in [5.74, 6) is 0.796. The molecule has 0 saturated carbocycles. The molecule has 0 fully saturated rings. The minimum Gasteiger partial charge on any atom is -0.355 e. The second-order valence-electron chi connectivity index (χ2n) is 5.95. The van der Waals surface area contributed by atoms with Gasteiger partial charge in [-0.25, -0.2) is 4.68 Å². The molecule has 26 heavy (non-hydrogen) atoms. The van der Waals surface area contributed by atoms with Gasteiger partial charge in [-0.2, -0.15) is 5.10 Å². The lowest BCUT2D eigenvalue weighted by Gasteiger charge is -2.03.